The van der Waals surface area contributed by atoms with Gasteiger partial charge in [-0.3, -0.25) is 4.79 Å². The topological polar surface area (TPSA) is 60.7 Å². The molecule has 5 nitrogen and oxygen atoms in total. The van der Waals surface area contributed by atoms with Crippen molar-refractivity contribution in [3.05, 3.63) is 64.9 Å². The van der Waals surface area contributed by atoms with Crippen molar-refractivity contribution in [2.24, 2.45) is 0 Å². The van der Waals surface area contributed by atoms with Crippen LogP contribution in [0.15, 0.2) is 46.9 Å². The van der Waals surface area contributed by atoms with Crippen LogP contribution in [-0.4, -0.2) is 20.1 Å². The van der Waals surface area contributed by atoms with E-state index >= 15 is 0 Å². The van der Waals surface area contributed by atoms with E-state index in [0.29, 0.717) is 12.3 Å². The van der Waals surface area contributed by atoms with Crippen LogP contribution in [0, 0.1) is 13.8 Å². The number of fused-ring (bicyclic) bond motifs is 1. The lowest BCUT2D eigenvalue weighted by molar-refractivity contribution is -0.116. The molecule has 0 saturated heterocycles. The van der Waals surface area contributed by atoms with Crippen LogP contribution in [0.5, 0.6) is 11.5 Å². The van der Waals surface area contributed by atoms with Crippen LogP contribution >= 0.6 is 0 Å². The Morgan fingerprint density at radius 2 is 1.82 bits per heavy atom. The van der Waals surface area contributed by atoms with Crippen molar-refractivity contribution >= 4 is 22.4 Å². The molecule has 146 valence electrons. The summed E-state index contributed by atoms with van der Waals surface area (Å²) in [5, 5.41) is 3.94. The molecule has 0 fully saturated rings. The normalized spacial score (nSPS) is 11.5. The number of hydrogen-bond donors (Lipinski definition) is 1. The third kappa shape index (κ3) is 4.03. The molecule has 28 heavy (non-hydrogen) atoms. The van der Waals surface area contributed by atoms with Crippen LogP contribution in [0.25, 0.3) is 16.5 Å². The summed E-state index contributed by atoms with van der Waals surface area (Å²) < 4.78 is 16.4. The number of amides is 1. The van der Waals surface area contributed by atoms with Crippen LogP contribution in [-0.2, 0) is 11.3 Å². The monoisotopic (exact) mass is 379 g/mol. The molecule has 0 aliphatic rings. The fourth-order valence-electron chi connectivity index (χ4n) is 3.10. The van der Waals surface area contributed by atoms with Gasteiger partial charge in [0.25, 0.3) is 0 Å². The summed E-state index contributed by atoms with van der Waals surface area (Å²) in [7, 11) is 3.24. The smallest absolute Gasteiger partial charge is 0.244 e. The molecule has 0 aliphatic heterocycles. The minimum absolute atomic E-state index is 0.157. The minimum Gasteiger partial charge on any atom is -0.497 e. The fourth-order valence-corrected chi connectivity index (χ4v) is 3.10. The lowest BCUT2D eigenvalue weighted by atomic mass is 10.0. The Morgan fingerprint density at radius 3 is 2.46 bits per heavy atom. The van der Waals surface area contributed by atoms with Gasteiger partial charge in [0.15, 0.2) is 0 Å². The summed E-state index contributed by atoms with van der Waals surface area (Å²) in [5.41, 5.74) is 4.58. The Hall–Kier alpha value is -3.21. The van der Waals surface area contributed by atoms with Gasteiger partial charge in [-0.05, 0) is 55.7 Å². The molecular formula is C23H25NO4. The van der Waals surface area contributed by atoms with Crippen LogP contribution in [0.2, 0.25) is 0 Å². The molecule has 0 unspecified atom stereocenters. The van der Waals surface area contributed by atoms with Gasteiger partial charge >= 0.3 is 0 Å². The van der Waals surface area contributed by atoms with Crippen molar-refractivity contribution in [1.82, 2.24) is 5.32 Å². The molecule has 0 radical (unpaired) electrons. The highest BCUT2D eigenvalue weighted by Gasteiger charge is 2.14. The second-order valence-electron chi connectivity index (χ2n) is 6.73. The number of nitrogens with one attached hydrogen (secondary N) is 1. The van der Waals surface area contributed by atoms with E-state index in [1.807, 2.05) is 57.2 Å². The standard InChI is InChI=1S/C23H25NO4/c1-14(10-23(25)24-13-17-6-8-18(26-4)9-7-17)19-11-20-15(2)16(3)28-22(20)12-21(19)27-5/h6-12H,13H2,1-5H3,(H,24,25)/b14-10+. The van der Waals surface area contributed by atoms with Gasteiger partial charge in [0.2, 0.25) is 5.91 Å². The number of hydrogen-bond acceptors (Lipinski definition) is 4. The largest absolute Gasteiger partial charge is 0.497 e. The van der Waals surface area contributed by atoms with Gasteiger partial charge in [-0.1, -0.05) is 12.1 Å². The Labute approximate surface area is 164 Å². The average Bonchev–Trinajstić information content (AvgIpc) is 2.98. The van der Waals surface area contributed by atoms with Gasteiger partial charge in [-0.2, -0.15) is 0 Å². The lowest BCUT2D eigenvalue weighted by Crippen LogP contribution is -2.20. The first-order chi connectivity index (χ1) is 13.4. The van der Waals surface area contributed by atoms with E-state index in [-0.39, 0.29) is 5.91 Å². The summed E-state index contributed by atoms with van der Waals surface area (Å²) >= 11 is 0. The first kappa shape index (κ1) is 19.5. The highest BCUT2D eigenvalue weighted by Crippen LogP contribution is 2.34. The predicted octanol–water partition coefficient (Wildman–Crippen LogP) is 4.79. The zero-order valence-corrected chi connectivity index (χ0v) is 16.9. The number of allylic oxidation sites excluding steroid dienone is 1. The van der Waals surface area contributed by atoms with Crippen molar-refractivity contribution in [3.63, 3.8) is 0 Å². The summed E-state index contributed by atoms with van der Waals surface area (Å²) in [4.78, 5) is 12.4. The van der Waals surface area contributed by atoms with E-state index in [2.05, 4.69) is 5.32 Å². The second kappa shape index (κ2) is 8.21. The molecule has 3 rings (SSSR count). The van der Waals surface area contributed by atoms with Crippen LogP contribution in [0.4, 0.5) is 0 Å². The molecule has 2 aromatic carbocycles. The maximum atomic E-state index is 12.4. The van der Waals surface area contributed by atoms with Gasteiger partial charge < -0.3 is 19.2 Å². The van der Waals surface area contributed by atoms with E-state index in [9.17, 15) is 4.79 Å². The number of benzene rings is 2. The van der Waals surface area contributed by atoms with Crippen molar-refractivity contribution in [3.8, 4) is 11.5 Å². The Bertz CT molecular complexity index is 1030. The number of methoxy groups -OCH3 is 2. The van der Waals surface area contributed by atoms with Crippen molar-refractivity contribution in [2.75, 3.05) is 14.2 Å². The Kier molecular flexibility index (Phi) is 5.73. The van der Waals surface area contributed by atoms with Crippen molar-refractivity contribution in [1.29, 1.82) is 0 Å². The predicted molar refractivity (Wildman–Crippen MR) is 111 cm³/mol. The number of aryl methyl sites for hydroxylation is 2. The van der Waals surface area contributed by atoms with Crippen LogP contribution in [0.3, 0.4) is 0 Å². The molecular weight excluding hydrogens is 354 g/mol. The van der Waals surface area contributed by atoms with Crippen LogP contribution in [0.1, 0.15) is 29.4 Å². The van der Waals surface area contributed by atoms with E-state index in [0.717, 1.165) is 44.7 Å². The van der Waals surface area contributed by atoms with Gasteiger partial charge in [0.05, 0.1) is 14.2 Å². The third-order valence-corrected chi connectivity index (χ3v) is 4.90. The molecule has 0 spiro atoms. The quantitative estimate of drug-likeness (QED) is 0.626. The number of furan rings is 1. The molecule has 5 heteroatoms. The Balaban J connectivity index is 1.79. The number of carbonyl (C=O) groups excluding carboxylic acids is 1. The van der Waals surface area contributed by atoms with E-state index < -0.39 is 0 Å². The number of carbonyl (C=O) groups is 1. The summed E-state index contributed by atoms with van der Waals surface area (Å²) in [6.07, 6.45) is 1.59. The zero-order valence-electron chi connectivity index (χ0n) is 16.9. The molecule has 1 N–H and O–H groups in total. The summed E-state index contributed by atoms with van der Waals surface area (Å²) in [5.74, 6) is 2.19. The average molecular weight is 379 g/mol. The second-order valence-corrected chi connectivity index (χ2v) is 6.73. The van der Waals surface area contributed by atoms with Crippen molar-refractivity contribution < 1.29 is 18.7 Å². The first-order valence-corrected chi connectivity index (χ1v) is 9.10. The molecule has 0 saturated carbocycles. The van der Waals surface area contributed by atoms with E-state index in [1.54, 1.807) is 20.3 Å². The number of ether oxygens (including phenoxy) is 2. The van der Waals surface area contributed by atoms with Gasteiger partial charge in [0.1, 0.15) is 22.8 Å². The highest BCUT2D eigenvalue weighted by molar-refractivity contribution is 5.97. The van der Waals surface area contributed by atoms with E-state index in [4.69, 9.17) is 13.9 Å². The van der Waals surface area contributed by atoms with Crippen molar-refractivity contribution in [2.45, 2.75) is 27.3 Å². The minimum atomic E-state index is -0.157. The SMILES string of the molecule is COc1ccc(CNC(=O)/C=C(\C)c2cc3c(C)c(C)oc3cc2OC)cc1. The zero-order chi connectivity index (χ0) is 20.3. The molecule has 0 bridgehead atoms. The van der Waals surface area contributed by atoms with Gasteiger partial charge in [0, 0.05) is 29.6 Å². The molecule has 1 aromatic heterocycles. The maximum Gasteiger partial charge on any atom is 0.244 e. The third-order valence-electron chi connectivity index (χ3n) is 4.90. The highest BCUT2D eigenvalue weighted by atomic mass is 16.5. The van der Waals surface area contributed by atoms with Gasteiger partial charge in [-0.25, -0.2) is 0 Å². The maximum absolute atomic E-state index is 12.4. The number of rotatable bonds is 6. The Morgan fingerprint density at radius 1 is 1.11 bits per heavy atom. The summed E-state index contributed by atoms with van der Waals surface area (Å²) in [6.45, 7) is 6.32. The molecule has 0 atom stereocenters. The molecule has 1 heterocycles. The molecule has 3 aromatic rings. The first-order valence-electron chi connectivity index (χ1n) is 9.10. The molecule has 1 amide bonds. The fraction of sp³-hybridized carbons (Fsp3) is 0.261. The summed E-state index contributed by atoms with van der Waals surface area (Å²) in [6, 6.07) is 11.5. The van der Waals surface area contributed by atoms with E-state index in [1.165, 1.54) is 0 Å². The van der Waals surface area contributed by atoms with Gasteiger partial charge in [-0.15, -0.1) is 0 Å². The van der Waals surface area contributed by atoms with Crippen LogP contribution < -0.4 is 14.8 Å². The lowest BCUT2D eigenvalue weighted by Gasteiger charge is -2.10. The molecule has 0 aliphatic carbocycles.